The van der Waals surface area contributed by atoms with Crippen molar-refractivity contribution in [3.05, 3.63) is 88.4 Å². The number of piperidine rings is 1. The second-order valence-electron chi connectivity index (χ2n) is 9.47. The zero-order valence-electron chi connectivity index (χ0n) is 20.3. The highest BCUT2D eigenvalue weighted by molar-refractivity contribution is 7.99. The van der Waals surface area contributed by atoms with Gasteiger partial charge < -0.3 is 15.1 Å². The normalized spacial score (nSPS) is 15.7. The molecule has 7 heteroatoms. The monoisotopic (exact) mass is 520 g/mol. The summed E-state index contributed by atoms with van der Waals surface area (Å²) in [4.78, 5) is 32.0. The molecule has 186 valence electrons. The van der Waals surface area contributed by atoms with E-state index in [0.29, 0.717) is 29.2 Å². The molecule has 0 aromatic heterocycles. The van der Waals surface area contributed by atoms with Gasteiger partial charge in [-0.1, -0.05) is 47.6 Å². The summed E-state index contributed by atoms with van der Waals surface area (Å²) in [7, 11) is 0. The Kier molecular flexibility index (Phi) is 7.95. The largest absolute Gasteiger partial charge is 0.352 e. The van der Waals surface area contributed by atoms with E-state index in [0.717, 1.165) is 34.0 Å². The van der Waals surface area contributed by atoms with Crippen LogP contribution in [0.3, 0.4) is 0 Å². The number of fused-ring (bicyclic) bond motifs is 2. The number of carbonyl (C=O) groups is 2. The van der Waals surface area contributed by atoms with Crippen LogP contribution in [-0.2, 0) is 6.54 Å². The van der Waals surface area contributed by atoms with Crippen LogP contribution >= 0.6 is 23.4 Å². The molecule has 0 unspecified atom stereocenters. The van der Waals surface area contributed by atoms with Crippen molar-refractivity contribution in [2.75, 3.05) is 31.1 Å². The van der Waals surface area contributed by atoms with Crippen LogP contribution in [0.25, 0.3) is 0 Å². The molecule has 2 amide bonds. The zero-order chi connectivity index (χ0) is 24.9. The zero-order valence-corrected chi connectivity index (χ0v) is 21.8. The molecular formula is C29H31ClN3O2S+. The molecule has 2 aliphatic rings. The van der Waals surface area contributed by atoms with Gasteiger partial charge in [-0.25, -0.2) is 0 Å². The predicted molar refractivity (Wildman–Crippen MR) is 145 cm³/mol. The maximum Gasteiger partial charge on any atom is 0.259 e. The van der Waals surface area contributed by atoms with Crippen molar-refractivity contribution in [2.45, 2.75) is 42.0 Å². The molecule has 2 aliphatic heterocycles. The quantitative estimate of drug-likeness (QED) is 0.438. The third kappa shape index (κ3) is 5.77. The van der Waals surface area contributed by atoms with Crippen LogP contribution in [0.5, 0.6) is 0 Å². The summed E-state index contributed by atoms with van der Waals surface area (Å²) >= 11 is 7.79. The van der Waals surface area contributed by atoms with Gasteiger partial charge >= 0.3 is 0 Å². The van der Waals surface area contributed by atoms with Crippen molar-refractivity contribution in [1.29, 1.82) is 0 Å². The fourth-order valence-corrected chi connectivity index (χ4v) is 6.25. The van der Waals surface area contributed by atoms with E-state index in [1.807, 2.05) is 66.7 Å². The van der Waals surface area contributed by atoms with Crippen molar-refractivity contribution in [3.8, 4) is 0 Å². The third-order valence-corrected chi connectivity index (χ3v) is 8.25. The van der Waals surface area contributed by atoms with Crippen molar-refractivity contribution in [1.82, 2.24) is 5.32 Å². The van der Waals surface area contributed by atoms with Crippen molar-refractivity contribution in [3.63, 3.8) is 0 Å². The number of carbonyl (C=O) groups excluding carboxylic acids is 2. The van der Waals surface area contributed by atoms with Crippen LogP contribution in [0, 0.1) is 0 Å². The molecular weight excluding hydrogens is 490 g/mol. The number of quaternary nitrogens is 1. The highest BCUT2D eigenvalue weighted by Crippen LogP contribution is 2.42. The Hall–Kier alpha value is -2.80. The maximum absolute atomic E-state index is 13.7. The highest BCUT2D eigenvalue weighted by Gasteiger charge is 2.28. The van der Waals surface area contributed by atoms with Crippen LogP contribution < -0.4 is 15.1 Å². The number of anilines is 1. The molecule has 0 atom stereocenters. The standard InChI is InChI=1S/C29H30ClN3O2S/c30-23-9-6-8-21(18-23)20-33-25-19-22(28(34)31-14-7-17-32-15-4-1-5-16-32)12-13-27(25)36-26-11-3-2-10-24(26)29(33)35/h2-3,6,8-13,18-19H,1,4-5,7,14-17,20H2,(H,31,34)/p+1. The lowest BCUT2D eigenvalue weighted by Crippen LogP contribution is -3.12. The molecule has 0 spiro atoms. The van der Waals surface area contributed by atoms with Gasteiger partial charge in [0.25, 0.3) is 11.8 Å². The molecule has 0 radical (unpaired) electrons. The van der Waals surface area contributed by atoms with E-state index in [4.69, 9.17) is 11.6 Å². The number of nitrogens with zero attached hydrogens (tertiary/aromatic N) is 1. The summed E-state index contributed by atoms with van der Waals surface area (Å²) in [5.74, 6) is -0.188. The lowest BCUT2D eigenvalue weighted by Gasteiger charge is -2.24. The molecule has 0 saturated carbocycles. The van der Waals surface area contributed by atoms with E-state index in [-0.39, 0.29) is 11.8 Å². The van der Waals surface area contributed by atoms with Gasteiger partial charge in [0.2, 0.25) is 0 Å². The van der Waals surface area contributed by atoms with Gasteiger partial charge in [0, 0.05) is 33.3 Å². The number of likely N-dealkylation sites (tertiary alicyclic amines) is 1. The number of hydrogen-bond donors (Lipinski definition) is 2. The molecule has 0 aliphatic carbocycles. The molecule has 0 bridgehead atoms. The summed E-state index contributed by atoms with van der Waals surface area (Å²) in [5.41, 5.74) is 2.90. The Bertz CT molecular complexity index is 1260. The minimum Gasteiger partial charge on any atom is -0.352 e. The third-order valence-electron chi connectivity index (χ3n) is 6.88. The fraction of sp³-hybridized carbons (Fsp3) is 0.310. The van der Waals surface area contributed by atoms with Gasteiger partial charge in [-0.05, 0) is 67.3 Å². The molecule has 36 heavy (non-hydrogen) atoms. The summed E-state index contributed by atoms with van der Waals surface area (Å²) in [6, 6.07) is 20.9. The fourth-order valence-electron chi connectivity index (χ4n) is 4.98. The van der Waals surface area contributed by atoms with E-state index in [1.54, 1.807) is 21.6 Å². The second-order valence-corrected chi connectivity index (χ2v) is 11.0. The van der Waals surface area contributed by atoms with Crippen molar-refractivity contribution in [2.24, 2.45) is 0 Å². The smallest absolute Gasteiger partial charge is 0.259 e. The average molecular weight is 521 g/mol. The Labute approximate surface area is 221 Å². The summed E-state index contributed by atoms with van der Waals surface area (Å²) in [5, 5.41) is 3.71. The first kappa shape index (κ1) is 24.9. The van der Waals surface area contributed by atoms with Gasteiger partial charge in [-0.3, -0.25) is 9.59 Å². The number of rotatable bonds is 7. The first-order valence-electron chi connectivity index (χ1n) is 12.7. The number of amides is 2. The second kappa shape index (κ2) is 11.5. The van der Waals surface area contributed by atoms with E-state index in [9.17, 15) is 9.59 Å². The molecule has 5 rings (SSSR count). The Balaban J connectivity index is 1.37. The molecule has 2 heterocycles. The van der Waals surface area contributed by atoms with Gasteiger partial charge in [0.05, 0.1) is 37.4 Å². The Morgan fingerprint density at radius 3 is 2.64 bits per heavy atom. The van der Waals surface area contributed by atoms with Gasteiger partial charge in [-0.2, -0.15) is 0 Å². The summed E-state index contributed by atoms with van der Waals surface area (Å²) in [6.45, 7) is 4.61. The van der Waals surface area contributed by atoms with Gasteiger partial charge in [0.15, 0.2) is 0 Å². The van der Waals surface area contributed by atoms with Crippen molar-refractivity contribution < 1.29 is 14.5 Å². The average Bonchev–Trinajstić information content (AvgIpc) is 3.01. The minimum atomic E-state index is -0.103. The SMILES string of the molecule is O=C(NCCC[NH+]1CCCCC1)c1ccc2c(c1)N(Cc1cccc(Cl)c1)C(=O)c1ccccc1S2. The number of halogens is 1. The lowest BCUT2D eigenvalue weighted by molar-refractivity contribution is -0.904. The highest BCUT2D eigenvalue weighted by atomic mass is 35.5. The number of benzene rings is 3. The van der Waals surface area contributed by atoms with Crippen LogP contribution in [0.4, 0.5) is 5.69 Å². The number of hydrogen-bond acceptors (Lipinski definition) is 3. The van der Waals surface area contributed by atoms with Crippen LogP contribution in [0.1, 0.15) is 52.0 Å². The molecule has 3 aromatic rings. The molecule has 1 saturated heterocycles. The topological polar surface area (TPSA) is 53.9 Å². The lowest BCUT2D eigenvalue weighted by atomic mass is 10.1. The van der Waals surface area contributed by atoms with E-state index >= 15 is 0 Å². The predicted octanol–water partition coefficient (Wildman–Crippen LogP) is 4.84. The van der Waals surface area contributed by atoms with E-state index in [2.05, 4.69) is 5.32 Å². The van der Waals surface area contributed by atoms with Crippen LogP contribution in [-0.4, -0.2) is 38.0 Å². The summed E-state index contributed by atoms with van der Waals surface area (Å²) < 4.78 is 0. The molecule has 2 N–H and O–H groups in total. The molecule has 1 fully saturated rings. The van der Waals surface area contributed by atoms with Gasteiger partial charge in [0.1, 0.15) is 0 Å². The van der Waals surface area contributed by atoms with Gasteiger partial charge in [-0.15, -0.1) is 0 Å². The molecule has 3 aromatic carbocycles. The van der Waals surface area contributed by atoms with Crippen LogP contribution in [0.2, 0.25) is 5.02 Å². The first-order chi connectivity index (χ1) is 17.6. The van der Waals surface area contributed by atoms with Crippen LogP contribution in [0.15, 0.2) is 76.5 Å². The Morgan fingerprint density at radius 1 is 0.972 bits per heavy atom. The first-order valence-corrected chi connectivity index (χ1v) is 13.9. The maximum atomic E-state index is 13.7. The van der Waals surface area contributed by atoms with E-state index < -0.39 is 0 Å². The van der Waals surface area contributed by atoms with E-state index in [1.165, 1.54) is 32.4 Å². The number of nitrogens with one attached hydrogen (secondary N) is 2. The van der Waals surface area contributed by atoms with Crippen molar-refractivity contribution >= 4 is 40.9 Å². The Morgan fingerprint density at radius 2 is 1.81 bits per heavy atom. The molecule has 5 nitrogen and oxygen atoms in total. The summed E-state index contributed by atoms with van der Waals surface area (Å²) in [6.07, 6.45) is 4.93. The minimum absolute atomic E-state index is 0.0844.